The van der Waals surface area contributed by atoms with Gasteiger partial charge in [0.05, 0.1) is 22.9 Å². The van der Waals surface area contributed by atoms with Gasteiger partial charge in [-0.05, 0) is 48.5 Å². The zero-order valence-corrected chi connectivity index (χ0v) is 21.8. The highest BCUT2D eigenvalue weighted by atomic mass is 32.2. The lowest BCUT2D eigenvalue weighted by Crippen LogP contribution is -2.45. The summed E-state index contributed by atoms with van der Waals surface area (Å²) in [5.74, 6) is -2.71. The normalized spacial score (nSPS) is 11.6. The number of nitrogens with two attached hydrogens (primary N) is 2. The molecule has 0 spiro atoms. The molecule has 0 aliphatic heterocycles. The third-order valence-electron chi connectivity index (χ3n) is 4.95. The smallest absolute Gasteiger partial charge is 0.407 e. The molecular formula is C21H26N6O10S2. The van der Waals surface area contributed by atoms with Crippen LogP contribution >= 0.6 is 0 Å². The predicted octanol–water partition coefficient (Wildman–Crippen LogP) is -1.07. The van der Waals surface area contributed by atoms with Gasteiger partial charge < -0.3 is 20.8 Å². The Bertz CT molecular complexity index is 1430. The van der Waals surface area contributed by atoms with Crippen molar-refractivity contribution in [2.75, 3.05) is 43.4 Å². The van der Waals surface area contributed by atoms with E-state index in [2.05, 4.69) is 10.6 Å². The lowest BCUT2D eigenvalue weighted by atomic mass is 10.3. The van der Waals surface area contributed by atoms with Gasteiger partial charge in [0.15, 0.2) is 0 Å². The quantitative estimate of drug-likeness (QED) is 0.164. The van der Waals surface area contributed by atoms with Crippen molar-refractivity contribution in [3.05, 3.63) is 48.5 Å². The molecular weight excluding hydrogens is 560 g/mol. The van der Waals surface area contributed by atoms with Gasteiger partial charge >= 0.3 is 12.1 Å². The Kier molecular flexibility index (Phi) is 10.5. The number of carbonyl (C=O) groups excluding carboxylic acids is 2. The molecule has 2 rings (SSSR count). The van der Waals surface area contributed by atoms with Gasteiger partial charge in [-0.25, -0.2) is 31.9 Å². The van der Waals surface area contributed by atoms with Crippen molar-refractivity contribution in [2.45, 2.75) is 9.79 Å². The highest BCUT2D eigenvalue weighted by Crippen LogP contribution is 2.14. The van der Waals surface area contributed by atoms with Crippen LogP contribution in [0.15, 0.2) is 58.3 Å². The molecule has 0 unspecified atom stereocenters. The molecule has 0 saturated carbocycles. The van der Waals surface area contributed by atoms with Crippen molar-refractivity contribution in [3.63, 3.8) is 0 Å². The van der Waals surface area contributed by atoms with E-state index in [0.717, 1.165) is 17.0 Å². The zero-order valence-electron chi connectivity index (χ0n) is 20.2. The van der Waals surface area contributed by atoms with E-state index in [0.29, 0.717) is 4.90 Å². The van der Waals surface area contributed by atoms with Crippen molar-refractivity contribution in [2.24, 2.45) is 10.3 Å². The number of benzene rings is 2. The first-order valence-electron chi connectivity index (χ1n) is 10.8. The monoisotopic (exact) mass is 586 g/mol. The molecule has 8 N–H and O–H groups in total. The van der Waals surface area contributed by atoms with Gasteiger partial charge in [0.2, 0.25) is 31.9 Å². The van der Waals surface area contributed by atoms with E-state index in [1.807, 2.05) is 0 Å². The Hall–Kier alpha value is -4.10. The van der Waals surface area contributed by atoms with Gasteiger partial charge in [-0.3, -0.25) is 24.2 Å². The molecule has 16 nitrogen and oxygen atoms in total. The summed E-state index contributed by atoms with van der Waals surface area (Å²) < 4.78 is 45.3. The summed E-state index contributed by atoms with van der Waals surface area (Å²) in [5, 5.41) is 33.5. The number of hydrogen-bond acceptors (Lipinski definition) is 9. The molecule has 0 heterocycles. The van der Waals surface area contributed by atoms with Crippen molar-refractivity contribution in [1.29, 1.82) is 0 Å². The summed E-state index contributed by atoms with van der Waals surface area (Å²) in [6.07, 6.45) is -1.48. The predicted molar refractivity (Wildman–Crippen MR) is 137 cm³/mol. The number of carboxylic acid groups (broad SMARTS) is 2. The fourth-order valence-electron chi connectivity index (χ4n) is 3.14. The van der Waals surface area contributed by atoms with Crippen LogP contribution in [0.5, 0.6) is 0 Å². The average Bonchev–Trinajstić information content (AvgIpc) is 2.80. The maximum Gasteiger partial charge on any atom is 0.407 e. The maximum atomic E-state index is 12.4. The number of sulfonamides is 2. The Balaban J connectivity index is 1.98. The summed E-state index contributed by atoms with van der Waals surface area (Å²) in [7, 11) is -7.87. The zero-order chi connectivity index (χ0) is 29.4. The fraction of sp³-hybridized carbons (Fsp3) is 0.238. The number of nitrogens with zero attached hydrogens (tertiary/aromatic N) is 2. The number of amides is 3. The van der Waals surface area contributed by atoms with Crippen molar-refractivity contribution >= 4 is 55.3 Å². The van der Waals surface area contributed by atoms with Crippen LogP contribution in [-0.4, -0.2) is 93.4 Å². The summed E-state index contributed by atoms with van der Waals surface area (Å²) in [6, 6.07) is 9.75. The van der Waals surface area contributed by atoms with E-state index in [4.69, 9.17) is 15.4 Å². The first-order valence-corrected chi connectivity index (χ1v) is 13.9. The van der Waals surface area contributed by atoms with Crippen LogP contribution in [0.1, 0.15) is 0 Å². The summed E-state index contributed by atoms with van der Waals surface area (Å²) in [5.41, 5.74) is 0.391. The third-order valence-corrected chi connectivity index (χ3v) is 6.81. The molecule has 2 aromatic carbocycles. The van der Waals surface area contributed by atoms with Crippen LogP contribution < -0.4 is 20.9 Å². The van der Waals surface area contributed by atoms with E-state index in [1.165, 1.54) is 36.4 Å². The number of hydrogen-bond donors (Lipinski definition) is 6. The maximum absolute atomic E-state index is 12.4. The number of rotatable bonds is 13. The minimum Gasteiger partial charge on any atom is -0.480 e. The fourth-order valence-corrected chi connectivity index (χ4v) is 4.17. The van der Waals surface area contributed by atoms with Crippen LogP contribution in [0.3, 0.4) is 0 Å². The lowest BCUT2D eigenvalue weighted by Gasteiger charge is -2.24. The van der Waals surface area contributed by atoms with E-state index in [1.54, 1.807) is 0 Å². The van der Waals surface area contributed by atoms with Gasteiger partial charge in [-0.2, -0.15) is 0 Å². The van der Waals surface area contributed by atoms with E-state index < -0.39 is 63.6 Å². The Morgan fingerprint density at radius 3 is 1.44 bits per heavy atom. The van der Waals surface area contributed by atoms with Crippen LogP contribution in [0, 0.1) is 0 Å². The lowest BCUT2D eigenvalue weighted by molar-refractivity contribution is -0.138. The second-order valence-electron chi connectivity index (χ2n) is 8.04. The van der Waals surface area contributed by atoms with Crippen LogP contribution in [0.4, 0.5) is 16.2 Å². The molecule has 0 aliphatic carbocycles. The minimum absolute atomic E-state index is 0.175. The van der Waals surface area contributed by atoms with Gasteiger partial charge in [-0.1, -0.05) is 0 Å². The largest absolute Gasteiger partial charge is 0.480 e. The second kappa shape index (κ2) is 13.1. The van der Waals surface area contributed by atoms with E-state index >= 15 is 0 Å². The number of carbonyl (C=O) groups is 4. The molecule has 3 amide bonds. The average molecular weight is 587 g/mol. The Morgan fingerprint density at radius 2 is 1.08 bits per heavy atom. The number of carboxylic acids is 1. The minimum atomic E-state index is -3.94. The molecule has 0 aliphatic rings. The number of nitrogens with one attached hydrogen (secondary N) is 2. The van der Waals surface area contributed by atoms with E-state index in [-0.39, 0.29) is 34.3 Å². The number of aliphatic carboxylic acids is 1. The van der Waals surface area contributed by atoms with Crippen LogP contribution in [-0.2, 0) is 34.4 Å². The van der Waals surface area contributed by atoms with E-state index in [9.17, 15) is 41.1 Å². The van der Waals surface area contributed by atoms with Crippen molar-refractivity contribution in [1.82, 2.24) is 9.80 Å². The molecule has 0 atom stereocenters. The summed E-state index contributed by atoms with van der Waals surface area (Å²) >= 11 is 0. The van der Waals surface area contributed by atoms with Gasteiger partial charge in [-0.15, -0.1) is 0 Å². The van der Waals surface area contributed by atoms with Crippen LogP contribution in [0.25, 0.3) is 0 Å². The summed E-state index contributed by atoms with van der Waals surface area (Å²) in [4.78, 5) is 49.1. The van der Waals surface area contributed by atoms with Gasteiger partial charge in [0.1, 0.15) is 6.54 Å². The SMILES string of the molecule is NS(=O)(=O)c1ccc(NC(=O)CN(CCN(CC(=O)Nc2ccc(S(N)(=O)=O)cc2)C(=O)O)CC(=O)O)cc1. The molecule has 39 heavy (non-hydrogen) atoms. The van der Waals surface area contributed by atoms with Crippen molar-refractivity contribution in [3.8, 4) is 0 Å². The number of primary sulfonamides is 2. The Labute approximate surface area is 223 Å². The molecule has 0 bridgehead atoms. The first-order chi connectivity index (χ1) is 18.0. The molecule has 0 saturated heterocycles. The summed E-state index contributed by atoms with van der Waals surface area (Å²) in [6.45, 7) is -2.29. The molecule has 2 aromatic rings. The highest BCUT2D eigenvalue weighted by molar-refractivity contribution is 7.89. The van der Waals surface area contributed by atoms with Crippen molar-refractivity contribution < 1.29 is 46.2 Å². The first kappa shape index (κ1) is 31.1. The third kappa shape index (κ3) is 10.7. The Morgan fingerprint density at radius 1 is 0.667 bits per heavy atom. The second-order valence-corrected chi connectivity index (χ2v) is 11.2. The molecule has 0 aromatic heterocycles. The van der Waals surface area contributed by atoms with Gasteiger partial charge in [0, 0.05) is 24.5 Å². The standard InChI is InChI=1S/C21H26N6O10S2/c22-38(34,35)16-5-1-14(2-6-16)24-18(28)11-26(13-20(30)31)9-10-27(21(32)33)12-19(29)25-15-3-7-17(8-4-15)39(23,36)37/h1-8H,9-13H2,(H,24,28)(H,25,29)(H,30,31)(H,32,33)(H2,22,34,35)(H2,23,36,37). The number of anilines is 2. The molecule has 0 fully saturated rings. The van der Waals surface area contributed by atoms with Gasteiger partial charge in [0.25, 0.3) is 0 Å². The molecule has 212 valence electrons. The highest BCUT2D eigenvalue weighted by Gasteiger charge is 2.20. The molecule has 0 radical (unpaired) electrons. The van der Waals surface area contributed by atoms with Crippen LogP contribution in [0.2, 0.25) is 0 Å². The molecule has 18 heteroatoms. The topological polar surface area (TPSA) is 260 Å².